The van der Waals surface area contributed by atoms with E-state index >= 15 is 0 Å². The molecule has 0 amide bonds. The van der Waals surface area contributed by atoms with Crippen molar-refractivity contribution in [1.29, 1.82) is 0 Å². The van der Waals surface area contributed by atoms with Crippen LogP contribution in [0.4, 0.5) is 0 Å². The minimum atomic E-state index is -1.01. The van der Waals surface area contributed by atoms with Crippen LogP contribution >= 0.6 is 23.2 Å². The van der Waals surface area contributed by atoms with Crippen LogP contribution in [-0.4, -0.2) is 17.2 Å². The lowest BCUT2D eigenvalue weighted by Crippen LogP contribution is -2.26. The van der Waals surface area contributed by atoms with Crippen LogP contribution in [0.25, 0.3) is 0 Å². The summed E-state index contributed by atoms with van der Waals surface area (Å²) in [6.07, 6.45) is -0.734. The van der Waals surface area contributed by atoms with E-state index in [1.165, 1.54) is 0 Å². The fraction of sp³-hybridized carbons (Fsp3) is 0.188. The van der Waals surface area contributed by atoms with E-state index in [0.717, 1.165) is 11.1 Å². The summed E-state index contributed by atoms with van der Waals surface area (Å²) in [5, 5.41) is 10.2. The monoisotopic (exact) mass is 324 g/mol. The molecule has 1 atom stereocenters. The first-order valence-corrected chi connectivity index (χ1v) is 7.13. The first-order chi connectivity index (χ1) is 10.0. The van der Waals surface area contributed by atoms with Gasteiger partial charge in [-0.15, -0.1) is 0 Å². The van der Waals surface area contributed by atoms with Gasteiger partial charge in [-0.1, -0.05) is 53.5 Å². The molecule has 0 radical (unpaired) electrons. The summed E-state index contributed by atoms with van der Waals surface area (Å²) in [5.74, 6) is -1.01. The molecule has 0 fully saturated rings. The Morgan fingerprint density at radius 3 is 2.24 bits per heavy atom. The number of hydrogen-bond donors (Lipinski definition) is 1. The predicted molar refractivity (Wildman–Crippen MR) is 82.8 cm³/mol. The highest BCUT2D eigenvalue weighted by Gasteiger charge is 2.19. The molecule has 0 aliphatic rings. The minimum absolute atomic E-state index is 0.211. The molecule has 2 rings (SSSR count). The molecule has 1 N–H and O–H groups in total. The molecule has 0 saturated heterocycles. The summed E-state index contributed by atoms with van der Waals surface area (Å²) in [4.78, 5) is 11.3. The average molecular weight is 325 g/mol. The van der Waals surface area contributed by atoms with Crippen molar-refractivity contribution in [2.75, 3.05) is 0 Å². The zero-order valence-corrected chi connectivity index (χ0v) is 12.6. The number of hydrogen-bond acceptors (Lipinski definition) is 2. The maximum Gasteiger partial charge on any atom is 0.333 e. The molecule has 0 aromatic heterocycles. The number of ether oxygens (including phenoxy) is 1. The lowest BCUT2D eigenvalue weighted by molar-refractivity contribution is -0.151. The maximum absolute atomic E-state index is 11.3. The van der Waals surface area contributed by atoms with Crippen LogP contribution in [0.1, 0.15) is 11.1 Å². The first kappa shape index (κ1) is 15.8. The minimum Gasteiger partial charge on any atom is -0.479 e. The zero-order valence-electron chi connectivity index (χ0n) is 11.1. The van der Waals surface area contributed by atoms with Gasteiger partial charge in [-0.2, -0.15) is 0 Å². The molecule has 5 heteroatoms. The second-order valence-electron chi connectivity index (χ2n) is 4.61. The van der Waals surface area contributed by atoms with E-state index in [4.69, 9.17) is 27.9 Å². The molecule has 0 spiro atoms. The van der Waals surface area contributed by atoms with E-state index in [2.05, 4.69) is 0 Å². The first-order valence-electron chi connectivity index (χ1n) is 6.38. The van der Waals surface area contributed by atoms with Crippen molar-refractivity contribution >= 4 is 29.2 Å². The van der Waals surface area contributed by atoms with Crippen LogP contribution in [0.5, 0.6) is 0 Å². The van der Waals surface area contributed by atoms with Gasteiger partial charge in [0.15, 0.2) is 6.10 Å². The molecular formula is C16H14Cl2O3. The van der Waals surface area contributed by atoms with Gasteiger partial charge in [-0.05, 0) is 29.3 Å². The molecule has 2 aromatic rings. The van der Waals surface area contributed by atoms with Gasteiger partial charge in [0.1, 0.15) is 0 Å². The molecule has 2 aromatic carbocycles. The number of rotatable bonds is 6. The Morgan fingerprint density at radius 1 is 1.05 bits per heavy atom. The summed E-state index contributed by atoms with van der Waals surface area (Å²) < 4.78 is 5.49. The molecule has 0 aliphatic carbocycles. The van der Waals surface area contributed by atoms with E-state index in [9.17, 15) is 9.90 Å². The predicted octanol–water partition coefficient (Wildman–Crippen LogP) is 4.21. The molecule has 110 valence electrons. The third kappa shape index (κ3) is 5.05. The number of aliphatic carboxylic acids is 1. The van der Waals surface area contributed by atoms with Crippen molar-refractivity contribution in [2.24, 2.45) is 0 Å². The van der Waals surface area contributed by atoms with E-state index in [1.807, 2.05) is 30.3 Å². The molecule has 0 heterocycles. The zero-order chi connectivity index (χ0) is 15.2. The molecule has 0 aliphatic heterocycles. The quantitative estimate of drug-likeness (QED) is 0.865. The topological polar surface area (TPSA) is 46.5 Å². The Labute approximate surface area is 133 Å². The van der Waals surface area contributed by atoms with Crippen molar-refractivity contribution in [3.63, 3.8) is 0 Å². The second-order valence-corrected chi connectivity index (χ2v) is 5.48. The van der Waals surface area contributed by atoms with Gasteiger partial charge in [0, 0.05) is 16.5 Å². The van der Waals surface area contributed by atoms with E-state index in [0.29, 0.717) is 10.0 Å². The fourth-order valence-electron chi connectivity index (χ4n) is 1.93. The third-order valence-corrected chi connectivity index (χ3v) is 3.35. The third-order valence-electron chi connectivity index (χ3n) is 2.91. The molecule has 0 unspecified atom stereocenters. The smallest absolute Gasteiger partial charge is 0.333 e. The van der Waals surface area contributed by atoms with E-state index in [-0.39, 0.29) is 13.0 Å². The van der Waals surface area contributed by atoms with Crippen LogP contribution in [0.3, 0.4) is 0 Å². The van der Waals surface area contributed by atoms with Crippen molar-refractivity contribution in [3.05, 3.63) is 69.7 Å². The van der Waals surface area contributed by atoms with Gasteiger partial charge in [-0.3, -0.25) is 0 Å². The van der Waals surface area contributed by atoms with E-state index in [1.54, 1.807) is 18.2 Å². The number of carboxylic acids is 1. The molecular weight excluding hydrogens is 311 g/mol. The highest BCUT2D eigenvalue weighted by molar-refractivity contribution is 6.34. The van der Waals surface area contributed by atoms with Crippen LogP contribution in [-0.2, 0) is 22.6 Å². The SMILES string of the molecule is O=C(O)[C@@H](Cc1cc(Cl)cc(Cl)c1)OCc1ccccc1. The van der Waals surface area contributed by atoms with Crippen LogP contribution in [0.15, 0.2) is 48.5 Å². The van der Waals surface area contributed by atoms with Crippen molar-refractivity contribution in [1.82, 2.24) is 0 Å². The molecule has 0 saturated carbocycles. The largest absolute Gasteiger partial charge is 0.479 e. The Hall–Kier alpha value is -1.55. The standard InChI is InChI=1S/C16H14Cl2O3/c17-13-6-12(7-14(18)9-13)8-15(16(19)20)21-10-11-4-2-1-3-5-11/h1-7,9,15H,8,10H2,(H,19,20)/t15-/m1/s1. The van der Waals surface area contributed by atoms with Crippen molar-refractivity contribution in [2.45, 2.75) is 19.1 Å². The van der Waals surface area contributed by atoms with Gasteiger partial charge < -0.3 is 9.84 Å². The number of carbonyl (C=O) groups is 1. The summed E-state index contributed by atoms with van der Waals surface area (Å²) >= 11 is 11.8. The van der Waals surface area contributed by atoms with Gasteiger partial charge in [0.25, 0.3) is 0 Å². The number of halogens is 2. The molecule has 3 nitrogen and oxygen atoms in total. The number of carboxylic acid groups (broad SMARTS) is 1. The Kier molecular flexibility index (Phi) is 5.62. The Balaban J connectivity index is 2.03. The van der Waals surface area contributed by atoms with Crippen molar-refractivity contribution in [3.8, 4) is 0 Å². The molecule has 21 heavy (non-hydrogen) atoms. The number of benzene rings is 2. The van der Waals surface area contributed by atoms with Crippen LogP contribution in [0.2, 0.25) is 10.0 Å². The summed E-state index contributed by atoms with van der Waals surface area (Å²) in [7, 11) is 0. The van der Waals surface area contributed by atoms with E-state index < -0.39 is 12.1 Å². The summed E-state index contributed by atoms with van der Waals surface area (Å²) in [6.45, 7) is 0.242. The van der Waals surface area contributed by atoms with Gasteiger partial charge in [0.05, 0.1) is 6.61 Å². The lowest BCUT2D eigenvalue weighted by Gasteiger charge is -2.14. The highest BCUT2D eigenvalue weighted by Crippen LogP contribution is 2.21. The summed E-state index contributed by atoms with van der Waals surface area (Å²) in [5.41, 5.74) is 1.65. The lowest BCUT2D eigenvalue weighted by atomic mass is 10.1. The summed E-state index contributed by atoms with van der Waals surface area (Å²) in [6, 6.07) is 14.4. The maximum atomic E-state index is 11.3. The Morgan fingerprint density at radius 2 is 1.67 bits per heavy atom. The normalized spacial score (nSPS) is 12.1. The van der Waals surface area contributed by atoms with Crippen LogP contribution in [0, 0.1) is 0 Å². The van der Waals surface area contributed by atoms with Gasteiger partial charge >= 0.3 is 5.97 Å². The fourth-order valence-corrected chi connectivity index (χ4v) is 2.50. The highest BCUT2D eigenvalue weighted by atomic mass is 35.5. The second kappa shape index (κ2) is 7.46. The van der Waals surface area contributed by atoms with Gasteiger partial charge in [0.2, 0.25) is 0 Å². The average Bonchev–Trinajstić information content (AvgIpc) is 2.43. The Bertz CT molecular complexity index is 594. The van der Waals surface area contributed by atoms with Crippen molar-refractivity contribution < 1.29 is 14.6 Å². The van der Waals surface area contributed by atoms with Gasteiger partial charge in [-0.25, -0.2) is 4.79 Å². The molecule has 0 bridgehead atoms. The van der Waals surface area contributed by atoms with Crippen LogP contribution < -0.4 is 0 Å².